The van der Waals surface area contributed by atoms with Crippen LogP contribution in [0.3, 0.4) is 0 Å². The molecule has 8 nitrogen and oxygen atoms in total. The molecule has 1 aromatic rings. The summed E-state index contributed by atoms with van der Waals surface area (Å²) in [6, 6.07) is 0. The molecule has 0 spiro atoms. The number of hydrogen-bond donors (Lipinski definition) is 0. The standard InChI is InChI=1S/C24H41N3O5S/c1-24(2,3)31-21(28)17-20(12-8-11-18-9-6-5-7-10-18)23-25-22(26-32-23)19-13-15-27(16-14-19)33(4,29)30/h18-20H,5-17H2,1-4H3/t20-/m1/s1. The highest BCUT2D eigenvalue weighted by Crippen LogP contribution is 2.33. The number of carbonyl (C=O) groups excluding carboxylic acids is 1. The SMILES string of the molecule is CC(C)(C)OC(=O)C[C@@H](CCCC1CCCCC1)c1nc(C2CCN(S(C)(=O)=O)CC2)no1. The summed E-state index contributed by atoms with van der Waals surface area (Å²) in [5.74, 6) is 1.60. The van der Waals surface area contributed by atoms with E-state index in [2.05, 4.69) is 10.1 Å². The van der Waals surface area contributed by atoms with Gasteiger partial charge in [0, 0.05) is 24.9 Å². The second-order valence-corrected chi connectivity index (χ2v) is 12.8. The van der Waals surface area contributed by atoms with Gasteiger partial charge in [-0.2, -0.15) is 4.98 Å². The predicted octanol–water partition coefficient (Wildman–Crippen LogP) is 4.77. The van der Waals surface area contributed by atoms with E-state index in [1.54, 1.807) is 0 Å². The van der Waals surface area contributed by atoms with Crippen LogP contribution >= 0.6 is 0 Å². The fourth-order valence-corrected chi connectivity index (χ4v) is 5.92. The van der Waals surface area contributed by atoms with E-state index >= 15 is 0 Å². The third kappa shape index (κ3) is 8.35. The van der Waals surface area contributed by atoms with Crippen molar-refractivity contribution in [2.75, 3.05) is 19.3 Å². The fourth-order valence-electron chi connectivity index (χ4n) is 5.05. The van der Waals surface area contributed by atoms with Gasteiger partial charge < -0.3 is 9.26 Å². The lowest BCUT2D eigenvalue weighted by Crippen LogP contribution is -2.37. The first-order valence-corrected chi connectivity index (χ1v) is 14.4. The van der Waals surface area contributed by atoms with E-state index < -0.39 is 15.6 Å². The van der Waals surface area contributed by atoms with E-state index in [0.29, 0.717) is 37.6 Å². The Kier molecular flexibility index (Phi) is 8.95. The minimum atomic E-state index is -3.17. The molecule has 1 aliphatic heterocycles. The van der Waals surface area contributed by atoms with Crippen molar-refractivity contribution in [2.45, 2.75) is 109 Å². The number of sulfonamides is 1. The summed E-state index contributed by atoms with van der Waals surface area (Å²) in [6.07, 6.45) is 12.5. The monoisotopic (exact) mass is 483 g/mol. The van der Waals surface area contributed by atoms with Crippen LogP contribution in [0, 0.1) is 5.92 Å². The van der Waals surface area contributed by atoms with Crippen LogP contribution in [0.1, 0.15) is 115 Å². The number of rotatable bonds is 9. The molecule has 0 radical (unpaired) electrons. The van der Waals surface area contributed by atoms with Crippen molar-refractivity contribution in [1.82, 2.24) is 14.4 Å². The molecular formula is C24H41N3O5S. The van der Waals surface area contributed by atoms with Crippen LogP contribution in [0.5, 0.6) is 0 Å². The van der Waals surface area contributed by atoms with Crippen LogP contribution in [0.15, 0.2) is 4.52 Å². The van der Waals surface area contributed by atoms with Gasteiger partial charge in [-0.25, -0.2) is 12.7 Å². The Labute approximate surface area is 198 Å². The fraction of sp³-hybridized carbons (Fsp3) is 0.875. The van der Waals surface area contributed by atoms with Gasteiger partial charge in [0.05, 0.1) is 12.7 Å². The summed E-state index contributed by atoms with van der Waals surface area (Å²) in [4.78, 5) is 17.3. The van der Waals surface area contributed by atoms with Crippen LogP contribution in [0.2, 0.25) is 0 Å². The van der Waals surface area contributed by atoms with Gasteiger partial charge in [-0.15, -0.1) is 0 Å². The van der Waals surface area contributed by atoms with Gasteiger partial charge in [-0.05, 0) is 46.0 Å². The molecule has 0 unspecified atom stereocenters. The molecule has 1 saturated carbocycles. The summed E-state index contributed by atoms with van der Waals surface area (Å²) in [5, 5.41) is 4.22. The molecule has 0 amide bonds. The van der Waals surface area contributed by atoms with Gasteiger partial charge >= 0.3 is 5.97 Å². The number of carbonyl (C=O) groups is 1. The molecule has 1 aliphatic carbocycles. The first kappa shape index (κ1) is 26.1. The quantitative estimate of drug-likeness (QED) is 0.466. The van der Waals surface area contributed by atoms with Gasteiger partial charge in [0.15, 0.2) is 5.82 Å². The molecule has 3 rings (SSSR count). The Morgan fingerprint density at radius 3 is 2.42 bits per heavy atom. The average Bonchev–Trinajstić information content (AvgIpc) is 3.22. The minimum absolute atomic E-state index is 0.0740. The summed E-state index contributed by atoms with van der Waals surface area (Å²) >= 11 is 0. The number of esters is 1. The Balaban J connectivity index is 1.62. The van der Waals surface area contributed by atoms with Crippen molar-refractivity contribution < 1.29 is 22.5 Å². The third-order valence-corrected chi connectivity index (χ3v) is 8.12. The zero-order valence-electron chi connectivity index (χ0n) is 20.7. The summed E-state index contributed by atoms with van der Waals surface area (Å²) < 4.78 is 36.3. The van der Waals surface area contributed by atoms with Gasteiger partial charge in [0.2, 0.25) is 15.9 Å². The van der Waals surface area contributed by atoms with E-state index in [-0.39, 0.29) is 24.2 Å². The number of hydrogen-bond acceptors (Lipinski definition) is 7. The van der Waals surface area contributed by atoms with E-state index in [4.69, 9.17) is 9.26 Å². The lowest BCUT2D eigenvalue weighted by Gasteiger charge is -2.28. The molecule has 2 aliphatic rings. The third-order valence-electron chi connectivity index (χ3n) is 6.82. The van der Waals surface area contributed by atoms with E-state index in [1.807, 2.05) is 20.8 Å². The van der Waals surface area contributed by atoms with E-state index in [0.717, 1.165) is 18.8 Å². The summed E-state index contributed by atoms with van der Waals surface area (Å²) in [5.41, 5.74) is -0.530. The molecule has 2 heterocycles. The van der Waals surface area contributed by atoms with Crippen molar-refractivity contribution in [3.8, 4) is 0 Å². The lowest BCUT2D eigenvalue weighted by molar-refractivity contribution is -0.155. The molecule has 188 valence electrons. The maximum absolute atomic E-state index is 12.6. The summed E-state index contributed by atoms with van der Waals surface area (Å²) in [6.45, 7) is 6.55. The molecule has 1 aromatic heterocycles. The maximum atomic E-state index is 12.6. The van der Waals surface area contributed by atoms with Crippen LogP contribution < -0.4 is 0 Å². The van der Waals surface area contributed by atoms with E-state index in [1.165, 1.54) is 49.1 Å². The normalized spacial score (nSPS) is 20.6. The molecule has 0 N–H and O–H groups in total. The Morgan fingerprint density at radius 1 is 1.15 bits per heavy atom. The molecule has 2 fully saturated rings. The lowest BCUT2D eigenvalue weighted by atomic mass is 9.84. The molecule has 0 bridgehead atoms. The number of nitrogens with zero attached hydrogens (tertiary/aromatic N) is 3. The minimum Gasteiger partial charge on any atom is -0.460 e. The zero-order valence-corrected chi connectivity index (χ0v) is 21.5. The second kappa shape index (κ2) is 11.3. The van der Waals surface area contributed by atoms with Crippen molar-refractivity contribution >= 4 is 16.0 Å². The van der Waals surface area contributed by atoms with Gasteiger partial charge in [-0.3, -0.25) is 4.79 Å². The first-order chi connectivity index (χ1) is 15.5. The highest BCUT2D eigenvalue weighted by molar-refractivity contribution is 7.88. The molecule has 33 heavy (non-hydrogen) atoms. The number of aromatic nitrogens is 2. The van der Waals surface area contributed by atoms with Gasteiger partial charge in [-0.1, -0.05) is 50.1 Å². The maximum Gasteiger partial charge on any atom is 0.307 e. The van der Waals surface area contributed by atoms with E-state index in [9.17, 15) is 13.2 Å². The largest absolute Gasteiger partial charge is 0.460 e. The van der Waals surface area contributed by atoms with Crippen LogP contribution in [-0.4, -0.2) is 53.8 Å². The highest BCUT2D eigenvalue weighted by atomic mass is 32.2. The highest BCUT2D eigenvalue weighted by Gasteiger charge is 2.31. The van der Waals surface area contributed by atoms with Crippen LogP contribution in [0.25, 0.3) is 0 Å². The summed E-state index contributed by atoms with van der Waals surface area (Å²) in [7, 11) is -3.17. The average molecular weight is 484 g/mol. The van der Waals surface area contributed by atoms with Crippen molar-refractivity contribution in [3.05, 3.63) is 11.7 Å². The van der Waals surface area contributed by atoms with Crippen molar-refractivity contribution in [2.24, 2.45) is 5.92 Å². The molecule has 9 heteroatoms. The Morgan fingerprint density at radius 2 is 1.82 bits per heavy atom. The van der Waals surface area contributed by atoms with Crippen molar-refractivity contribution in [3.63, 3.8) is 0 Å². The van der Waals surface area contributed by atoms with Crippen LogP contribution in [-0.2, 0) is 19.6 Å². The van der Waals surface area contributed by atoms with Crippen LogP contribution in [0.4, 0.5) is 0 Å². The number of ether oxygens (including phenoxy) is 1. The molecule has 1 atom stereocenters. The second-order valence-electron chi connectivity index (χ2n) is 10.8. The van der Waals surface area contributed by atoms with Crippen molar-refractivity contribution in [1.29, 1.82) is 0 Å². The zero-order chi connectivity index (χ0) is 24.1. The predicted molar refractivity (Wildman–Crippen MR) is 126 cm³/mol. The Bertz CT molecular complexity index is 863. The number of piperidine rings is 1. The first-order valence-electron chi connectivity index (χ1n) is 12.5. The molecule has 1 saturated heterocycles. The molecular weight excluding hydrogens is 442 g/mol. The molecule has 0 aromatic carbocycles. The smallest absolute Gasteiger partial charge is 0.307 e. The van der Waals surface area contributed by atoms with Gasteiger partial charge in [0.1, 0.15) is 5.60 Å². The topological polar surface area (TPSA) is 103 Å². The van der Waals surface area contributed by atoms with Gasteiger partial charge in [0.25, 0.3) is 0 Å². The Hall–Kier alpha value is -1.48.